The summed E-state index contributed by atoms with van der Waals surface area (Å²) in [6.45, 7) is 1.29. The van der Waals surface area contributed by atoms with Gasteiger partial charge in [-0.1, -0.05) is 17.7 Å². The first kappa shape index (κ1) is 18.3. The Morgan fingerprint density at radius 3 is 2.26 bits per heavy atom. The van der Waals surface area contributed by atoms with Crippen molar-refractivity contribution in [3.8, 4) is 0 Å². The van der Waals surface area contributed by atoms with Crippen LogP contribution in [-0.2, 0) is 23.8 Å². The van der Waals surface area contributed by atoms with Crippen molar-refractivity contribution in [3.63, 3.8) is 0 Å². The average molecular weight is 348 g/mol. The number of aryl methyl sites for hydroxylation is 1. The van der Waals surface area contributed by atoms with Gasteiger partial charge in [0.2, 0.25) is 0 Å². The highest BCUT2D eigenvalue weighted by molar-refractivity contribution is 7.86. The van der Waals surface area contributed by atoms with Gasteiger partial charge in [0.25, 0.3) is 10.1 Å². The van der Waals surface area contributed by atoms with Crippen LogP contribution in [0.5, 0.6) is 0 Å². The lowest BCUT2D eigenvalue weighted by Crippen LogP contribution is -2.59. The van der Waals surface area contributed by atoms with Crippen molar-refractivity contribution in [3.05, 3.63) is 29.8 Å². The molecule has 1 heterocycles. The molecule has 1 aliphatic rings. The molecule has 1 fully saturated rings. The second-order valence-electron chi connectivity index (χ2n) is 5.30. The lowest BCUT2D eigenvalue weighted by Gasteiger charge is -2.39. The summed E-state index contributed by atoms with van der Waals surface area (Å²) in [6, 6.07) is 6.06. The molecular formula is C14H20O8S. The predicted molar refractivity (Wildman–Crippen MR) is 78.0 cm³/mol. The summed E-state index contributed by atoms with van der Waals surface area (Å²) in [6.07, 6.45) is -6.85. The van der Waals surface area contributed by atoms with Crippen LogP contribution < -0.4 is 0 Å². The zero-order chi connectivity index (χ0) is 17.2. The first-order valence-corrected chi connectivity index (χ1v) is 8.35. The number of aliphatic hydroxyl groups excluding tert-OH is 3. The minimum absolute atomic E-state index is 0.0303. The zero-order valence-corrected chi connectivity index (χ0v) is 13.5. The lowest BCUT2D eigenvalue weighted by atomic mass is 9.99. The van der Waals surface area contributed by atoms with Crippen LogP contribution >= 0.6 is 0 Å². The Hall–Kier alpha value is -1.07. The summed E-state index contributed by atoms with van der Waals surface area (Å²) in [5.74, 6) is 0. The zero-order valence-electron chi connectivity index (χ0n) is 12.7. The quantitative estimate of drug-likeness (QED) is 0.589. The summed E-state index contributed by atoms with van der Waals surface area (Å²) in [5, 5.41) is 29.2. The highest BCUT2D eigenvalue weighted by Crippen LogP contribution is 2.23. The maximum absolute atomic E-state index is 12.1. The van der Waals surface area contributed by atoms with E-state index in [1.54, 1.807) is 12.1 Å². The SMILES string of the molecule is CO[C@@H]1OC(COS(=O)(=O)c2ccc(C)cc2)[C@@H](O)[C@H](O)C1O. The van der Waals surface area contributed by atoms with Crippen molar-refractivity contribution in [2.75, 3.05) is 13.7 Å². The number of ether oxygens (including phenoxy) is 2. The molecule has 1 aliphatic heterocycles. The topological polar surface area (TPSA) is 123 Å². The van der Waals surface area contributed by atoms with Crippen molar-refractivity contribution in [2.24, 2.45) is 0 Å². The van der Waals surface area contributed by atoms with E-state index in [1.165, 1.54) is 19.2 Å². The largest absolute Gasteiger partial charge is 0.387 e. The molecule has 3 N–H and O–H groups in total. The second-order valence-corrected chi connectivity index (χ2v) is 6.92. The molecule has 8 nitrogen and oxygen atoms in total. The van der Waals surface area contributed by atoms with Crippen LogP contribution in [0.4, 0.5) is 0 Å². The van der Waals surface area contributed by atoms with Crippen LogP contribution in [-0.4, -0.2) is 68.2 Å². The summed E-state index contributed by atoms with van der Waals surface area (Å²) in [4.78, 5) is -0.0303. The molecular weight excluding hydrogens is 328 g/mol. The molecule has 0 bridgehead atoms. The van der Waals surface area contributed by atoms with Crippen LogP contribution in [0.2, 0.25) is 0 Å². The van der Waals surface area contributed by atoms with Gasteiger partial charge in [0, 0.05) is 7.11 Å². The number of benzene rings is 1. The smallest absolute Gasteiger partial charge is 0.297 e. The molecule has 0 spiro atoms. The molecule has 1 aromatic carbocycles. The van der Waals surface area contributed by atoms with Gasteiger partial charge < -0.3 is 24.8 Å². The first-order valence-electron chi connectivity index (χ1n) is 6.95. The molecule has 0 radical (unpaired) electrons. The highest BCUT2D eigenvalue weighted by atomic mass is 32.2. The highest BCUT2D eigenvalue weighted by Gasteiger charge is 2.44. The second kappa shape index (κ2) is 7.22. The van der Waals surface area contributed by atoms with Crippen LogP contribution in [0.25, 0.3) is 0 Å². The third kappa shape index (κ3) is 4.07. The molecule has 2 rings (SSSR count). The fourth-order valence-electron chi connectivity index (χ4n) is 2.18. The van der Waals surface area contributed by atoms with E-state index in [0.717, 1.165) is 5.56 Å². The summed E-state index contributed by atoms with van der Waals surface area (Å²) >= 11 is 0. The fraction of sp³-hybridized carbons (Fsp3) is 0.571. The van der Waals surface area contributed by atoms with Crippen LogP contribution in [0.3, 0.4) is 0 Å². The summed E-state index contributed by atoms with van der Waals surface area (Å²) in [5.41, 5.74) is 0.898. The van der Waals surface area contributed by atoms with Crippen LogP contribution in [0, 0.1) is 6.92 Å². The minimum Gasteiger partial charge on any atom is -0.387 e. The molecule has 130 valence electrons. The molecule has 5 atom stereocenters. The lowest BCUT2D eigenvalue weighted by molar-refractivity contribution is -0.293. The van der Waals surface area contributed by atoms with Crippen molar-refractivity contribution >= 4 is 10.1 Å². The maximum Gasteiger partial charge on any atom is 0.297 e. The van der Waals surface area contributed by atoms with Crippen molar-refractivity contribution in [1.29, 1.82) is 0 Å². The summed E-state index contributed by atoms with van der Waals surface area (Å²) in [7, 11) is -2.78. The minimum atomic E-state index is -4.03. The van der Waals surface area contributed by atoms with Gasteiger partial charge >= 0.3 is 0 Å². The van der Waals surface area contributed by atoms with E-state index in [9.17, 15) is 23.7 Å². The van der Waals surface area contributed by atoms with Crippen molar-refractivity contribution < 1.29 is 37.4 Å². The first-order chi connectivity index (χ1) is 10.8. The van der Waals surface area contributed by atoms with Crippen LogP contribution in [0.1, 0.15) is 5.56 Å². The third-order valence-electron chi connectivity index (χ3n) is 3.60. The normalized spacial score (nSPS) is 32.0. The summed E-state index contributed by atoms with van der Waals surface area (Å²) < 4.78 is 39.1. The Morgan fingerprint density at radius 1 is 1.09 bits per heavy atom. The third-order valence-corrected chi connectivity index (χ3v) is 4.89. The Kier molecular flexibility index (Phi) is 5.74. The number of hydrogen-bond acceptors (Lipinski definition) is 8. The van der Waals surface area contributed by atoms with Gasteiger partial charge in [0.15, 0.2) is 6.29 Å². The standard InChI is InChI=1S/C14H20O8S/c1-8-3-5-9(6-4-8)23(18,19)21-7-10-11(15)12(16)13(17)14(20-2)22-10/h3-6,10-17H,7H2,1-2H3/t10?,11-,12+,13?,14-/m1/s1. The van der Waals surface area contributed by atoms with E-state index in [0.29, 0.717) is 0 Å². The van der Waals surface area contributed by atoms with Crippen LogP contribution in [0.15, 0.2) is 29.2 Å². The van der Waals surface area contributed by atoms with Gasteiger partial charge in [-0.3, -0.25) is 4.18 Å². The van der Waals surface area contributed by atoms with Gasteiger partial charge in [0.05, 0.1) is 11.5 Å². The van der Waals surface area contributed by atoms with Gasteiger partial charge in [-0.15, -0.1) is 0 Å². The number of aliphatic hydroxyl groups is 3. The monoisotopic (exact) mass is 348 g/mol. The van der Waals surface area contributed by atoms with Crippen molar-refractivity contribution in [1.82, 2.24) is 0 Å². The molecule has 0 aromatic heterocycles. The van der Waals surface area contributed by atoms with Gasteiger partial charge in [0.1, 0.15) is 24.4 Å². The Morgan fingerprint density at radius 2 is 1.70 bits per heavy atom. The van der Waals surface area contributed by atoms with Gasteiger partial charge in [-0.05, 0) is 19.1 Å². The number of methoxy groups -OCH3 is 1. The van der Waals surface area contributed by atoms with E-state index in [-0.39, 0.29) is 4.90 Å². The molecule has 1 saturated heterocycles. The van der Waals surface area contributed by atoms with Gasteiger partial charge in [-0.25, -0.2) is 0 Å². The van der Waals surface area contributed by atoms with E-state index < -0.39 is 47.4 Å². The number of rotatable bonds is 5. The fourth-order valence-corrected chi connectivity index (χ4v) is 3.10. The van der Waals surface area contributed by atoms with Gasteiger partial charge in [-0.2, -0.15) is 8.42 Å². The molecule has 1 aromatic rings. The Balaban J connectivity index is 2.05. The Bertz CT molecular complexity index is 612. The van der Waals surface area contributed by atoms with E-state index >= 15 is 0 Å². The van der Waals surface area contributed by atoms with E-state index in [1.807, 2.05) is 6.92 Å². The molecule has 0 amide bonds. The molecule has 0 saturated carbocycles. The average Bonchev–Trinajstić information content (AvgIpc) is 2.52. The van der Waals surface area contributed by atoms with E-state index in [2.05, 4.69) is 0 Å². The molecule has 23 heavy (non-hydrogen) atoms. The van der Waals surface area contributed by atoms with E-state index in [4.69, 9.17) is 13.7 Å². The Labute approximate surface area is 134 Å². The van der Waals surface area contributed by atoms with Crippen molar-refractivity contribution in [2.45, 2.75) is 42.5 Å². The predicted octanol–water partition coefficient (Wildman–Crippen LogP) is -0.846. The molecule has 9 heteroatoms. The molecule has 2 unspecified atom stereocenters. The number of hydrogen-bond donors (Lipinski definition) is 3. The molecule has 0 aliphatic carbocycles. The maximum atomic E-state index is 12.1.